The fourth-order valence-corrected chi connectivity index (χ4v) is 2.01. The highest BCUT2D eigenvalue weighted by molar-refractivity contribution is 14.1. The zero-order chi connectivity index (χ0) is 15.6. The van der Waals surface area contributed by atoms with Crippen LogP contribution in [0.25, 0.3) is 0 Å². The molecule has 0 radical (unpaired) electrons. The van der Waals surface area contributed by atoms with Crippen LogP contribution in [0.3, 0.4) is 0 Å². The molecule has 0 spiro atoms. The van der Waals surface area contributed by atoms with Crippen LogP contribution in [0.2, 0.25) is 0 Å². The van der Waals surface area contributed by atoms with Crippen molar-refractivity contribution in [2.45, 2.75) is 6.18 Å². The van der Waals surface area contributed by atoms with Gasteiger partial charge in [0.15, 0.2) is 0 Å². The van der Waals surface area contributed by atoms with E-state index in [0.29, 0.717) is 11.8 Å². The number of carbonyl (C=O) groups is 1. The number of rotatable bonds is 3. The molecular weight excluding hydrogens is 400 g/mol. The molecule has 2 aromatic rings. The minimum atomic E-state index is -4.76. The molecule has 0 heterocycles. The van der Waals surface area contributed by atoms with E-state index in [-0.39, 0.29) is 5.75 Å². The quantitative estimate of drug-likeness (QED) is 0.743. The first kappa shape index (κ1) is 15.6. The van der Waals surface area contributed by atoms with Crippen LogP contribution < -0.4 is 4.74 Å². The first-order chi connectivity index (χ1) is 9.77. The fraction of sp³-hybridized carbons (Fsp3) is 0.0714. The van der Waals surface area contributed by atoms with Crippen molar-refractivity contribution < 1.29 is 27.8 Å². The number of carboxylic acids is 1. The summed E-state index contributed by atoms with van der Waals surface area (Å²) in [6.07, 6.45) is -4.76. The summed E-state index contributed by atoms with van der Waals surface area (Å²) in [6, 6.07) is 9.46. The molecule has 7 heteroatoms. The second-order valence-corrected chi connectivity index (χ2v) is 5.31. The van der Waals surface area contributed by atoms with Gasteiger partial charge in [-0.15, -0.1) is 0 Å². The lowest BCUT2D eigenvalue weighted by Gasteiger charge is -2.12. The Balaban J connectivity index is 2.38. The lowest BCUT2D eigenvalue weighted by Crippen LogP contribution is -2.12. The maximum Gasteiger partial charge on any atom is 0.417 e. The van der Waals surface area contributed by atoms with Crippen molar-refractivity contribution in [1.29, 1.82) is 0 Å². The fourth-order valence-electron chi connectivity index (χ4n) is 1.65. The van der Waals surface area contributed by atoms with Crippen molar-refractivity contribution in [3.05, 3.63) is 57.2 Å². The summed E-state index contributed by atoms with van der Waals surface area (Å²) in [5, 5.41) is 8.80. The third-order valence-electron chi connectivity index (χ3n) is 2.58. The van der Waals surface area contributed by atoms with Gasteiger partial charge in [-0.2, -0.15) is 13.2 Å². The number of hydrogen-bond acceptors (Lipinski definition) is 2. The van der Waals surface area contributed by atoms with Crippen LogP contribution in [-0.2, 0) is 6.18 Å². The number of benzene rings is 2. The summed E-state index contributed by atoms with van der Waals surface area (Å²) in [6.45, 7) is 0. The minimum absolute atomic E-state index is 0.0754. The van der Waals surface area contributed by atoms with Gasteiger partial charge in [0.1, 0.15) is 11.5 Å². The van der Waals surface area contributed by atoms with Crippen LogP contribution in [-0.4, -0.2) is 11.1 Å². The zero-order valence-electron chi connectivity index (χ0n) is 10.3. The Morgan fingerprint density at radius 3 is 2.14 bits per heavy atom. The molecule has 0 fully saturated rings. The maximum atomic E-state index is 12.9. The van der Waals surface area contributed by atoms with Crippen LogP contribution in [0, 0.1) is 3.57 Å². The van der Waals surface area contributed by atoms with E-state index in [1.54, 1.807) is 24.3 Å². The molecule has 110 valence electrons. The average Bonchev–Trinajstić information content (AvgIpc) is 2.40. The van der Waals surface area contributed by atoms with E-state index in [9.17, 15) is 18.0 Å². The van der Waals surface area contributed by atoms with E-state index in [4.69, 9.17) is 9.84 Å². The van der Waals surface area contributed by atoms with Gasteiger partial charge in [-0.25, -0.2) is 4.79 Å². The summed E-state index contributed by atoms with van der Waals surface area (Å²) in [7, 11) is 0. The maximum absolute atomic E-state index is 12.9. The minimum Gasteiger partial charge on any atom is -0.478 e. The zero-order valence-corrected chi connectivity index (χ0v) is 12.5. The van der Waals surface area contributed by atoms with Crippen molar-refractivity contribution in [3.8, 4) is 11.5 Å². The molecule has 0 aliphatic heterocycles. The van der Waals surface area contributed by atoms with Gasteiger partial charge >= 0.3 is 12.1 Å². The molecule has 0 aliphatic carbocycles. The van der Waals surface area contributed by atoms with E-state index >= 15 is 0 Å². The molecule has 0 saturated carbocycles. The molecule has 21 heavy (non-hydrogen) atoms. The molecule has 0 bridgehead atoms. The number of hydrogen-bond donors (Lipinski definition) is 1. The highest BCUT2D eigenvalue weighted by Crippen LogP contribution is 2.35. The molecule has 0 unspecified atom stereocenters. The first-order valence-electron chi connectivity index (χ1n) is 5.65. The number of aromatic carboxylic acids is 1. The Hall–Kier alpha value is -1.77. The van der Waals surface area contributed by atoms with Crippen LogP contribution >= 0.6 is 22.6 Å². The lowest BCUT2D eigenvalue weighted by molar-refractivity contribution is -0.138. The van der Waals surface area contributed by atoms with Crippen LogP contribution in [0.5, 0.6) is 11.5 Å². The van der Waals surface area contributed by atoms with Gasteiger partial charge in [0.05, 0.1) is 11.1 Å². The third-order valence-corrected chi connectivity index (χ3v) is 3.30. The molecule has 0 amide bonds. The smallest absolute Gasteiger partial charge is 0.417 e. The van der Waals surface area contributed by atoms with Gasteiger partial charge in [-0.1, -0.05) is 0 Å². The second-order valence-electron chi connectivity index (χ2n) is 4.07. The third kappa shape index (κ3) is 3.87. The predicted octanol–water partition coefficient (Wildman–Crippen LogP) is 4.80. The van der Waals surface area contributed by atoms with E-state index in [2.05, 4.69) is 22.6 Å². The van der Waals surface area contributed by atoms with Crippen molar-refractivity contribution >= 4 is 28.6 Å². The summed E-state index contributed by atoms with van der Waals surface area (Å²) in [5.41, 5.74) is -2.05. The summed E-state index contributed by atoms with van der Waals surface area (Å²) >= 11 is 2.09. The van der Waals surface area contributed by atoms with E-state index in [1.807, 2.05) is 0 Å². The standard InChI is InChI=1S/C14H8F3IO3/c15-14(16,17)12-7-10(5-6-11(12)13(19)20)21-9-3-1-8(18)2-4-9/h1-7H,(H,19,20). The molecule has 3 nitrogen and oxygen atoms in total. The summed E-state index contributed by atoms with van der Waals surface area (Å²) < 4.78 is 44.8. The topological polar surface area (TPSA) is 46.5 Å². The van der Waals surface area contributed by atoms with Gasteiger partial charge in [0, 0.05) is 3.57 Å². The Kier molecular flexibility index (Phi) is 4.40. The molecule has 0 saturated heterocycles. The number of ether oxygens (including phenoxy) is 1. The molecule has 0 atom stereocenters. The van der Waals surface area contributed by atoms with Gasteiger partial charge in [0.2, 0.25) is 0 Å². The van der Waals surface area contributed by atoms with Gasteiger partial charge < -0.3 is 9.84 Å². The Bertz CT molecular complexity index is 666. The van der Waals surface area contributed by atoms with Gasteiger partial charge in [0.25, 0.3) is 0 Å². The van der Waals surface area contributed by atoms with Crippen molar-refractivity contribution in [1.82, 2.24) is 0 Å². The first-order valence-corrected chi connectivity index (χ1v) is 6.73. The monoisotopic (exact) mass is 408 g/mol. The highest BCUT2D eigenvalue weighted by Gasteiger charge is 2.35. The lowest BCUT2D eigenvalue weighted by atomic mass is 10.1. The van der Waals surface area contributed by atoms with Gasteiger partial charge in [-0.3, -0.25) is 0 Å². The average molecular weight is 408 g/mol. The Morgan fingerprint density at radius 2 is 1.62 bits per heavy atom. The number of alkyl halides is 3. The molecule has 2 rings (SSSR count). The largest absolute Gasteiger partial charge is 0.478 e. The van der Waals surface area contributed by atoms with Gasteiger partial charge in [-0.05, 0) is 65.1 Å². The Morgan fingerprint density at radius 1 is 1.05 bits per heavy atom. The van der Waals surface area contributed by atoms with Crippen LogP contribution in [0.4, 0.5) is 13.2 Å². The molecule has 1 N–H and O–H groups in total. The molecular formula is C14H8F3IO3. The van der Waals surface area contributed by atoms with Crippen molar-refractivity contribution in [2.24, 2.45) is 0 Å². The van der Waals surface area contributed by atoms with Crippen molar-refractivity contribution in [2.75, 3.05) is 0 Å². The van der Waals surface area contributed by atoms with E-state index in [0.717, 1.165) is 9.64 Å². The number of carboxylic acid groups (broad SMARTS) is 1. The normalized spacial score (nSPS) is 11.2. The highest BCUT2D eigenvalue weighted by atomic mass is 127. The number of halogens is 4. The van der Waals surface area contributed by atoms with E-state index < -0.39 is 23.3 Å². The summed E-state index contributed by atoms with van der Waals surface area (Å²) in [5.74, 6) is -1.34. The molecule has 2 aromatic carbocycles. The Labute approximate surface area is 131 Å². The van der Waals surface area contributed by atoms with Crippen LogP contribution in [0.15, 0.2) is 42.5 Å². The molecule has 0 aliphatic rings. The van der Waals surface area contributed by atoms with Crippen molar-refractivity contribution in [3.63, 3.8) is 0 Å². The second kappa shape index (κ2) is 5.92. The van der Waals surface area contributed by atoms with E-state index in [1.165, 1.54) is 6.07 Å². The molecule has 0 aromatic heterocycles. The predicted molar refractivity (Wildman–Crippen MR) is 77.6 cm³/mol. The SMILES string of the molecule is O=C(O)c1ccc(Oc2ccc(I)cc2)cc1C(F)(F)F. The summed E-state index contributed by atoms with van der Waals surface area (Å²) in [4.78, 5) is 10.8. The van der Waals surface area contributed by atoms with Crippen LogP contribution in [0.1, 0.15) is 15.9 Å².